The number of thioether (sulfide) groups is 1. The minimum Gasteiger partial charge on any atom is -0.336 e. The van der Waals surface area contributed by atoms with Crippen molar-refractivity contribution in [3.63, 3.8) is 0 Å². The smallest absolute Gasteiger partial charge is 0.255 e. The molecular formula is C22H27N3O2S. The van der Waals surface area contributed by atoms with Gasteiger partial charge in [-0.1, -0.05) is 29.8 Å². The number of carbonyl (C=O) groups is 2. The first-order valence-electron chi connectivity index (χ1n) is 9.57. The lowest BCUT2D eigenvalue weighted by molar-refractivity contribution is -0.113. The van der Waals surface area contributed by atoms with Gasteiger partial charge in [-0.15, -0.1) is 11.8 Å². The third-order valence-corrected chi connectivity index (χ3v) is 6.14. The lowest BCUT2D eigenvalue weighted by Crippen LogP contribution is -2.34. The van der Waals surface area contributed by atoms with E-state index in [0.717, 1.165) is 22.6 Å². The molecule has 1 fully saturated rings. The molecule has 1 aliphatic heterocycles. The van der Waals surface area contributed by atoms with Crippen LogP contribution in [0.3, 0.4) is 0 Å². The Bertz CT molecular complexity index is 838. The second-order valence-corrected chi connectivity index (χ2v) is 8.36. The molecule has 2 atom stereocenters. The molecule has 2 aromatic carbocycles. The van der Waals surface area contributed by atoms with E-state index in [-0.39, 0.29) is 23.6 Å². The molecule has 5 nitrogen and oxygen atoms in total. The maximum absolute atomic E-state index is 13.1. The van der Waals surface area contributed by atoms with Gasteiger partial charge in [-0.2, -0.15) is 0 Å². The fourth-order valence-electron chi connectivity index (χ4n) is 3.50. The summed E-state index contributed by atoms with van der Waals surface area (Å²) in [5.41, 5.74) is 8.37. The molecule has 2 amide bonds. The Morgan fingerprint density at radius 2 is 1.89 bits per heavy atom. The minimum atomic E-state index is -0.0890. The van der Waals surface area contributed by atoms with E-state index < -0.39 is 0 Å². The molecule has 0 radical (unpaired) electrons. The Kier molecular flexibility index (Phi) is 6.75. The van der Waals surface area contributed by atoms with Gasteiger partial charge < -0.3 is 16.0 Å². The third kappa shape index (κ3) is 4.94. The van der Waals surface area contributed by atoms with Gasteiger partial charge in [0.1, 0.15) is 0 Å². The van der Waals surface area contributed by atoms with Gasteiger partial charge >= 0.3 is 0 Å². The van der Waals surface area contributed by atoms with E-state index in [4.69, 9.17) is 5.73 Å². The first kappa shape index (κ1) is 20.4. The molecule has 0 saturated carbocycles. The Hall–Kier alpha value is -2.31. The molecule has 1 aliphatic rings. The van der Waals surface area contributed by atoms with Crippen LogP contribution in [0.5, 0.6) is 0 Å². The number of carbonyl (C=O) groups excluding carboxylic acids is 2. The number of amides is 2. The largest absolute Gasteiger partial charge is 0.336 e. The zero-order chi connectivity index (χ0) is 20.1. The van der Waals surface area contributed by atoms with Gasteiger partial charge in [0, 0.05) is 23.2 Å². The highest BCUT2D eigenvalue weighted by molar-refractivity contribution is 8.00. The van der Waals surface area contributed by atoms with Crippen LogP contribution < -0.4 is 11.1 Å². The summed E-state index contributed by atoms with van der Waals surface area (Å²) < 4.78 is 0. The van der Waals surface area contributed by atoms with Gasteiger partial charge in [-0.25, -0.2) is 0 Å². The predicted octanol–water partition coefficient (Wildman–Crippen LogP) is 3.54. The zero-order valence-corrected chi connectivity index (χ0v) is 17.2. The number of rotatable bonds is 6. The number of nitrogens with one attached hydrogen (secondary N) is 1. The van der Waals surface area contributed by atoms with Crippen LogP contribution in [0.4, 0.5) is 5.69 Å². The van der Waals surface area contributed by atoms with Crippen LogP contribution >= 0.6 is 11.8 Å². The summed E-state index contributed by atoms with van der Waals surface area (Å²) in [5, 5.41) is 2.89. The molecule has 0 aromatic heterocycles. The van der Waals surface area contributed by atoms with Crippen molar-refractivity contribution in [2.45, 2.75) is 31.2 Å². The normalized spacial score (nSPS) is 18.9. The van der Waals surface area contributed by atoms with Crippen LogP contribution in [0.15, 0.2) is 53.4 Å². The molecule has 1 heterocycles. The highest BCUT2D eigenvalue weighted by Gasteiger charge is 2.32. The standard InChI is InChI=1S/C22H27N3O2S/c1-15-7-9-18(10-8-15)24-21(26)14-28-20-6-4-3-5-19(20)22(27)25-13-17(12-23)11-16(25)2/h3-10,16-17H,11-14,23H2,1-2H3,(H,24,26). The quantitative estimate of drug-likeness (QED) is 0.731. The van der Waals surface area contributed by atoms with Gasteiger partial charge in [0.25, 0.3) is 5.91 Å². The summed E-state index contributed by atoms with van der Waals surface area (Å²) in [6, 6.07) is 15.4. The van der Waals surface area contributed by atoms with E-state index in [1.165, 1.54) is 11.8 Å². The number of hydrogen-bond donors (Lipinski definition) is 2. The molecule has 0 spiro atoms. The average Bonchev–Trinajstić information content (AvgIpc) is 3.08. The molecule has 0 bridgehead atoms. The Morgan fingerprint density at radius 3 is 2.57 bits per heavy atom. The average molecular weight is 398 g/mol. The summed E-state index contributed by atoms with van der Waals surface area (Å²) >= 11 is 1.39. The second-order valence-electron chi connectivity index (χ2n) is 7.34. The van der Waals surface area contributed by atoms with Crippen molar-refractivity contribution < 1.29 is 9.59 Å². The van der Waals surface area contributed by atoms with Gasteiger partial charge in [0.15, 0.2) is 0 Å². The molecular weight excluding hydrogens is 370 g/mol. The topological polar surface area (TPSA) is 75.4 Å². The maximum atomic E-state index is 13.1. The lowest BCUT2D eigenvalue weighted by atomic mass is 10.1. The van der Waals surface area contributed by atoms with E-state index >= 15 is 0 Å². The first-order valence-corrected chi connectivity index (χ1v) is 10.6. The SMILES string of the molecule is Cc1ccc(NC(=O)CSc2ccccc2C(=O)N2CC(CN)CC2C)cc1. The van der Waals surface area contributed by atoms with Gasteiger partial charge in [-0.05, 0) is 57.0 Å². The molecule has 2 aromatic rings. The molecule has 3 rings (SSSR count). The number of hydrogen-bond acceptors (Lipinski definition) is 4. The van der Waals surface area contributed by atoms with Gasteiger partial charge in [-0.3, -0.25) is 9.59 Å². The highest BCUT2D eigenvalue weighted by atomic mass is 32.2. The van der Waals surface area contributed by atoms with Crippen LogP contribution in [-0.4, -0.2) is 41.6 Å². The van der Waals surface area contributed by atoms with Gasteiger partial charge in [0.05, 0.1) is 11.3 Å². The minimum absolute atomic E-state index is 0.0190. The molecule has 0 aliphatic carbocycles. The van der Waals surface area contributed by atoms with Crippen LogP contribution in [-0.2, 0) is 4.79 Å². The van der Waals surface area contributed by atoms with Gasteiger partial charge in [0.2, 0.25) is 5.91 Å². The summed E-state index contributed by atoms with van der Waals surface area (Å²) in [6.45, 7) is 5.37. The zero-order valence-electron chi connectivity index (χ0n) is 16.4. The fourth-order valence-corrected chi connectivity index (χ4v) is 4.34. The van der Waals surface area contributed by atoms with Crippen molar-refractivity contribution in [2.24, 2.45) is 11.7 Å². The maximum Gasteiger partial charge on any atom is 0.255 e. The van der Waals surface area contributed by atoms with Crippen molar-refractivity contribution >= 4 is 29.3 Å². The number of likely N-dealkylation sites (tertiary alicyclic amines) is 1. The van der Waals surface area contributed by atoms with E-state index in [1.54, 1.807) is 0 Å². The molecule has 3 N–H and O–H groups in total. The second kappa shape index (κ2) is 9.26. The number of nitrogens with zero attached hydrogens (tertiary/aromatic N) is 1. The number of nitrogens with two attached hydrogens (primary N) is 1. The van der Waals surface area contributed by atoms with Crippen LogP contribution in [0.2, 0.25) is 0 Å². The van der Waals surface area contributed by atoms with E-state index in [0.29, 0.717) is 24.6 Å². The molecule has 6 heteroatoms. The molecule has 2 unspecified atom stereocenters. The van der Waals surface area contributed by atoms with E-state index in [9.17, 15) is 9.59 Å². The summed E-state index contributed by atoms with van der Waals surface area (Å²) in [6.07, 6.45) is 0.941. The van der Waals surface area contributed by atoms with Crippen molar-refractivity contribution in [2.75, 3.05) is 24.2 Å². The first-order chi connectivity index (χ1) is 13.5. The Labute approximate surface area is 170 Å². The molecule has 1 saturated heterocycles. The summed E-state index contributed by atoms with van der Waals surface area (Å²) in [7, 11) is 0. The van der Waals surface area contributed by atoms with E-state index in [1.807, 2.05) is 60.4 Å². The number of benzene rings is 2. The van der Waals surface area contributed by atoms with Crippen molar-refractivity contribution in [3.05, 3.63) is 59.7 Å². The van der Waals surface area contributed by atoms with Crippen molar-refractivity contribution in [3.8, 4) is 0 Å². The van der Waals surface area contributed by atoms with Crippen LogP contribution in [0.1, 0.15) is 29.3 Å². The summed E-state index contributed by atoms with van der Waals surface area (Å²) in [4.78, 5) is 28.1. The third-order valence-electron chi connectivity index (χ3n) is 5.07. The molecule has 28 heavy (non-hydrogen) atoms. The highest BCUT2D eigenvalue weighted by Crippen LogP contribution is 2.29. The van der Waals surface area contributed by atoms with Crippen molar-refractivity contribution in [1.82, 2.24) is 4.90 Å². The summed E-state index contributed by atoms with van der Waals surface area (Å²) in [5.74, 6) is 0.539. The number of anilines is 1. The number of aryl methyl sites for hydroxylation is 1. The van der Waals surface area contributed by atoms with E-state index in [2.05, 4.69) is 12.2 Å². The Balaban J connectivity index is 1.64. The monoisotopic (exact) mass is 397 g/mol. The predicted molar refractivity (Wildman–Crippen MR) is 115 cm³/mol. The molecule has 148 valence electrons. The fraction of sp³-hybridized carbons (Fsp3) is 0.364. The van der Waals surface area contributed by atoms with Crippen LogP contribution in [0, 0.1) is 12.8 Å². The van der Waals surface area contributed by atoms with Crippen molar-refractivity contribution in [1.29, 1.82) is 0 Å². The Morgan fingerprint density at radius 1 is 1.18 bits per heavy atom. The van der Waals surface area contributed by atoms with Crippen LogP contribution in [0.25, 0.3) is 0 Å². The lowest BCUT2D eigenvalue weighted by Gasteiger charge is -2.22.